The molecule has 0 saturated carbocycles. The van der Waals surface area contributed by atoms with Gasteiger partial charge in [0.25, 0.3) is 0 Å². The first-order chi connectivity index (χ1) is 9.76. The van der Waals surface area contributed by atoms with E-state index in [2.05, 4.69) is 36.9 Å². The van der Waals surface area contributed by atoms with Gasteiger partial charge in [0.05, 0.1) is 0 Å². The van der Waals surface area contributed by atoms with Crippen LogP contribution in [0.5, 0.6) is 0 Å². The zero-order chi connectivity index (χ0) is 13.9. The van der Waals surface area contributed by atoms with E-state index in [-0.39, 0.29) is 0 Å². The van der Waals surface area contributed by atoms with Gasteiger partial charge in [-0.15, -0.1) is 0 Å². The first kappa shape index (κ1) is 13.1. The average molecular weight is 329 g/mol. The van der Waals surface area contributed by atoms with Crippen LogP contribution in [0.15, 0.2) is 34.8 Å². The van der Waals surface area contributed by atoms with Gasteiger partial charge in [-0.3, -0.25) is 0 Å². The van der Waals surface area contributed by atoms with E-state index in [9.17, 15) is 0 Å². The molecule has 0 radical (unpaired) electrons. The zero-order valence-corrected chi connectivity index (χ0v) is 12.5. The standard InChI is InChI=1S/C15H13BrN4/c16-12-5-3-4-11(8-12)15-18-13(10-17)9-14(19-15)20-6-1-2-7-20/h3-5,8-9H,1-2,6-7H2. The predicted molar refractivity (Wildman–Crippen MR) is 81.3 cm³/mol. The lowest BCUT2D eigenvalue weighted by Crippen LogP contribution is -2.19. The molecule has 1 aliphatic heterocycles. The number of hydrogen-bond acceptors (Lipinski definition) is 4. The Kier molecular flexibility index (Phi) is 3.66. The Morgan fingerprint density at radius 1 is 1.15 bits per heavy atom. The number of anilines is 1. The summed E-state index contributed by atoms with van der Waals surface area (Å²) in [6, 6.07) is 11.7. The molecular formula is C15H13BrN4. The molecule has 2 heterocycles. The highest BCUT2D eigenvalue weighted by Gasteiger charge is 2.16. The fourth-order valence-electron chi connectivity index (χ4n) is 2.36. The molecule has 1 saturated heterocycles. The van der Waals surface area contributed by atoms with E-state index >= 15 is 0 Å². The normalized spacial score (nSPS) is 14.3. The maximum atomic E-state index is 9.16. The van der Waals surface area contributed by atoms with Crippen molar-refractivity contribution in [1.82, 2.24) is 9.97 Å². The van der Waals surface area contributed by atoms with Crippen LogP contribution in [0.4, 0.5) is 5.82 Å². The highest BCUT2D eigenvalue weighted by molar-refractivity contribution is 9.10. The highest BCUT2D eigenvalue weighted by Crippen LogP contribution is 2.24. The summed E-state index contributed by atoms with van der Waals surface area (Å²) >= 11 is 3.45. The van der Waals surface area contributed by atoms with Gasteiger partial charge >= 0.3 is 0 Å². The quantitative estimate of drug-likeness (QED) is 0.848. The van der Waals surface area contributed by atoms with Gasteiger partial charge in [-0.05, 0) is 25.0 Å². The summed E-state index contributed by atoms with van der Waals surface area (Å²) < 4.78 is 0.976. The average Bonchev–Trinajstić information content (AvgIpc) is 3.01. The summed E-state index contributed by atoms with van der Waals surface area (Å²) in [5.74, 6) is 1.45. The molecule has 0 unspecified atom stereocenters. The number of rotatable bonds is 2. The van der Waals surface area contributed by atoms with Gasteiger partial charge in [-0.25, -0.2) is 9.97 Å². The first-order valence-electron chi connectivity index (χ1n) is 6.56. The Balaban J connectivity index is 2.06. The largest absolute Gasteiger partial charge is 0.356 e. The Morgan fingerprint density at radius 2 is 1.95 bits per heavy atom. The molecule has 0 atom stereocenters. The van der Waals surface area contributed by atoms with Crippen LogP contribution < -0.4 is 4.90 Å². The second kappa shape index (κ2) is 5.59. The number of nitrogens with zero attached hydrogens (tertiary/aromatic N) is 4. The lowest BCUT2D eigenvalue weighted by molar-refractivity contribution is 0.927. The summed E-state index contributed by atoms with van der Waals surface area (Å²) in [7, 11) is 0. The summed E-state index contributed by atoms with van der Waals surface area (Å²) in [4.78, 5) is 11.1. The van der Waals surface area contributed by atoms with Crippen molar-refractivity contribution in [2.45, 2.75) is 12.8 Å². The van der Waals surface area contributed by atoms with Crippen LogP contribution >= 0.6 is 15.9 Å². The van der Waals surface area contributed by atoms with Gasteiger partial charge in [-0.1, -0.05) is 28.1 Å². The molecule has 20 heavy (non-hydrogen) atoms. The molecule has 3 rings (SSSR count). The van der Waals surface area contributed by atoms with E-state index in [4.69, 9.17) is 5.26 Å². The summed E-state index contributed by atoms with van der Waals surface area (Å²) in [5, 5.41) is 9.16. The number of halogens is 1. The maximum absolute atomic E-state index is 9.16. The van der Waals surface area contributed by atoms with E-state index in [1.54, 1.807) is 6.07 Å². The maximum Gasteiger partial charge on any atom is 0.163 e. The zero-order valence-electron chi connectivity index (χ0n) is 10.9. The monoisotopic (exact) mass is 328 g/mol. The Hall–Kier alpha value is -1.93. The van der Waals surface area contributed by atoms with E-state index in [0.717, 1.165) is 28.9 Å². The van der Waals surface area contributed by atoms with Gasteiger partial charge in [-0.2, -0.15) is 5.26 Å². The molecule has 1 aromatic heterocycles. The Labute approximate surface area is 126 Å². The molecular weight excluding hydrogens is 316 g/mol. The predicted octanol–water partition coefficient (Wildman–Crippen LogP) is 3.38. The minimum atomic E-state index is 0.414. The third-order valence-electron chi connectivity index (χ3n) is 3.34. The van der Waals surface area contributed by atoms with Crippen LogP contribution in [0.2, 0.25) is 0 Å². The van der Waals surface area contributed by atoms with Gasteiger partial charge in [0, 0.05) is 29.2 Å². The number of hydrogen-bond donors (Lipinski definition) is 0. The van der Waals surface area contributed by atoms with Crippen molar-refractivity contribution < 1.29 is 0 Å². The van der Waals surface area contributed by atoms with E-state index < -0.39 is 0 Å². The molecule has 2 aromatic rings. The summed E-state index contributed by atoms with van der Waals surface area (Å²) in [5.41, 5.74) is 1.33. The van der Waals surface area contributed by atoms with Gasteiger partial charge < -0.3 is 4.90 Å². The molecule has 0 bridgehead atoms. The number of aromatic nitrogens is 2. The van der Waals surface area contributed by atoms with Crippen molar-refractivity contribution in [2.24, 2.45) is 0 Å². The Bertz CT molecular complexity index is 672. The lowest BCUT2D eigenvalue weighted by atomic mass is 10.2. The van der Waals surface area contributed by atoms with E-state index in [1.807, 2.05) is 24.3 Å². The van der Waals surface area contributed by atoms with Crippen LogP contribution in [-0.2, 0) is 0 Å². The second-order valence-corrected chi connectivity index (χ2v) is 5.67. The lowest BCUT2D eigenvalue weighted by Gasteiger charge is -2.17. The molecule has 100 valence electrons. The molecule has 4 nitrogen and oxygen atoms in total. The minimum absolute atomic E-state index is 0.414. The van der Waals surface area contributed by atoms with Crippen LogP contribution in [0, 0.1) is 11.3 Å². The van der Waals surface area contributed by atoms with Crippen molar-refractivity contribution >= 4 is 21.7 Å². The molecule has 1 fully saturated rings. The smallest absolute Gasteiger partial charge is 0.163 e. The van der Waals surface area contributed by atoms with Gasteiger partial charge in [0.15, 0.2) is 5.82 Å². The fraction of sp³-hybridized carbons (Fsp3) is 0.267. The summed E-state index contributed by atoms with van der Waals surface area (Å²) in [6.45, 7) is 2.00. The minimum Gasteiger partial charge on any atom is -0.356 e. The molecule has 5 heteroatoms. The fourth-order valence-corrected chi connectivity index (χ4v) is 2.76. The van der Waals surface area contributed by atoms with Crippen molar-refractivity contribution in [3.8, 4) is 17.5 Å². The molecule has 1 aromatic carbocycles. The van der Waals surface area contributed by atoms with Gasteiger partial charge in [0.2, 0.25) is 0 Å². The molecule has 0 N–H and O–H groups in total. The third kappa shape index (κ3) is 2.66. The number of nitriles is 1. The molecule has 0 amide bonds. The first-order valence-corrected chi connectivity index (χ1v) is 7.35. The third-order valence-corrected chi connectivity index (χ3v) is 3.83. The van der Waals surface area contributed by atoms with Crippen LogP contribution in [0.25, 0.3) is 11.4 Å². The van der Waals surface area contributed by atoms with Gasteiger partial charge in [0.1, 0.15) is 17.6 Å². The van der Waals surface area contributed by atoms with Crippen molar-refractivity contribution in [3.05, 3.63) is 40.5 Å². The van der Waals surface area contributed by atoms with Crippen LogP contribution in [-0.4, -0.2) is 23.1 Å². The van der Waals surface area contributed by atoms with Crippen molar-refractivity contribution in [3.63, 3.8) is 0 Å². The van der Waals surface area contributed by atoms with Crippen molar-refractivity contribution in [2.75, 3.05) is 18.0 Å². The SMILES string of the molecule is N#Cc1cc(N2CCCC2)nc(-c2cccc(Br)c2)n1. The highest BCUT2D eigenvalue weighted by atomic mass is 79.9. The van der Waals surface area contributed by atoms with Crippen LogP contribution in [0.3, 0.4) is 0 Å². The number of benzene rings is 1. The molecule has 0 spiro atoms. The van der Waals surface area contributed by atoms with Crippen LogP contribution in [0.1, 0.15) is 18.5 Å². The molecule has 0 aliphatic carbocycles. The summed E-state index contributed by atoms with van der Waals surface area (Å²) in [6.07, 6.45) is 2.36. The van der Waals surface area contributed by atoms with Crippen molar-refractivity contribution in [1.29, 1.82) is 5.26 Å². The van der Waals surface area contributed by atoms with E-state index in [0.29, 0.717) is 11.5 Å². The second-order valence-electron chi connectivity index (χ2n) is 4.75. The Morgan fingerprint density at radius 3 is 2.65 bits per heavy atom. The van der Waals surface area contributed by atoms with E-state index in [1.165, 1.54) is 12.8 Å². The topological polar surface area (TPSA) is 52.8 Å². The molecule has 1 aliphatic rings.